The summed E-state index contributed by atoms with van der Waals surface area (Å²) in [7, 11) is 0. The number of nitriles is 2. The van der Waals surface area contributed by atoms with Crippen LogP contribution in [0.2, 0.25) is 5.15 Å². The number of halogens is 1. The van der Waals surface area contributed by atoms with Gasteiger partial charge in [-0.25, -0.2) is 4.98 Å². The third-order valence-electron chi connectivity index (χ3n) is 3.80. The lowest BCUT2D eigenvalue weighted by molar-refractivity contribution is 0.807. The van der Waals surface area contributed by atoms with Gasteiger partial charge in [-0.1, -0.05) is 41.9 Å². The number of benzene rings is 1. The van der Waals surface area contributed by atoms with E-state index in [1.54, 1.807) is 0 Å². The van der Waals surface area contributed by atoms with E-state index in [4.69, 9.17) is 11.6 Å². The van der Waals surface area contributed by atoms with E-state index in [-0.39, 0.29) is 10.7 Å². The van der Waals surface area contributed by atoms with Crippen LogP contribution in [-0.4, -0.2) is 4.98 Å². The second-order valence-electron chi connectivity index (χ2n) is 5.14. The van der Waals surface area contributed by atoms with Crippen molar-refractivity contribution in [1.82, 2.24) is 4.98 Å². The van der Waals surface area contributed by atoms with Crippen molar-refractivity contribution in [3.05, 3.63) is 63.4 Å². The minimum Gasteiger partial charge on any atom is -0.235 e. The molecule has 1 aliphatic carbocycles. The van der Waals surface area contributed by atoms with Crippen molar-refractivity contribution >= 4 is 23.3 Å². The summed E-state index contributed by atoms with van der Waals surface area (Å²) in [6, 6.07) is 14.1. The molecule has 106 valence electrons. The maximum atomic E-state index is 9.40. The van der Waals surface area contributed by atoms with Gasteiger partial charge in [0.1, 0.15) is 22.9 Å². The predicted molar refractivity (Wildman–Crippen MR) is 85.9 cm³/mol. The van der Waals surface area contributed by atoms with E-state index in [9.17, 15) is 10.5 Å². The van der Waals surface area contributed by atoms with E-state index in [0.717, 1.165) is 41.7 Å². The summed E-state index contributed by atoms with van der Waals surface area (Å²) < 4.78 is 0. The molecule has 0 N–H and O–H groups in total. The van der Waals surface area contributed by atoms with E-state index in [1.165, 1.54) is 0 Å². The fourth-order valence-electron chi connectivity index (χ4n) is 2.79. The summed E-state index contributed by atoms with van der Waals surface area (Å²) in [6.07, 6.45) is 4.66. The van der Waals surface area contributed by atoms with Crippen LogP contribution in [0.5, 0.6) is 0 Å². The summed E-state index contributed by atoms with van der Waals surface area (Å²) in [6.45, 7) is 0. The smallest absolute Gasteiger partial charge is 0.148 e. The third kappa shape index (κ3) is 2.48. The highest BCUT2D eigenvalue weighted by Gasteiger charge is 2.23. The van der Waals surface area contributed by atoms with Gasteiger partial charge >= 0.3 is 0 Å². The molecule has 3 rings (SSSR count). The Balaban J connectivity index is 2.20. The van der Waals surface area contributed by atoms with Crippen LogP contribution >= 0.6 is 11.6 Å². The van der Waals surface area contributed by atoms with Crippen LogP contribution in [0.1, 0.15) is 40.8 Å². The molecule has 3 nitrogen and oxygen atoms in total. The van der Waals surface area contributed by atoms with E-state index in [2.05, 4.69) is 17.1 Å². The van der Waals surface area contributed by atoms with Gasteiger partial charge in [0.05, 0.1) is 11.3 Å². The van der Waals surface area contributed by atoms with Crippen LogP contribution in [0.15, 0.2) is 30.3 Å². The molecule has 4 heteroatoms. The van der Waals surface area contributed by atoms with Crippen molar-refractivity contribution in [2.75, 3.05) is 0 Å². The van der Waals surface area contributed by atoms with Gasteiger partial charge in [-0.05, 0) is 42.0 Å². The molecule has 0 radical (unpaired) electrons. The van der Waals surface area contributed by atoms with Crippen LogP contribution in [0.25, 0.3) is 11.6 Å². The van der Waals surface area contributed by atoms with Crippen LogP contribution in [-0.2, 0) is 6.42 Å². The summed E-state index contributed by atoms with van der Waals surface area (Å²) in [4.78, 5) is 4.39. The summed E-state index contributed by atoms with van der Waals surface area (Å²) in [5.41, 5.74) is 4.31. The predicted octanol–water partition coefficient (Wildman–Crippen LogP) is 4.36. The Labute approximate surface area is 134 Å². The molecular weight excluding hydrogens is 294 g/mol. The molecule has 0 unspecified atom stereocenters. The van der Waals surface area contributed by atoms with Gasteiger partial charge in [-0.15, -0.1) is 0 Å². The Morgan fingerprint density at radius 1 is 1.05 bits per heavy atom. The number of aromatic nitrogens is 1. The monoisotopic (exact) mass is 305 g/mol. The summed E-state index contributed by atoms with van der Waals surface area (Å²) >= 11 is 6.10. The Bertz CT molecular complexity index is 839. The minimum atomic E-state index is 0.110. The molecule has 0 atom stereocenters. The highest BCUT2D eigenvalue weighted by Crippen LogP contribution is 2.35. The molecule has 1 heterocycles. The first kappa shape index (κ1) is 14.3. The third-order valence-corrected chi connectivity index (χ3v) is 4.07. The topological polar surface area (TPSA) is 60.5 Å². The lowest BCUT2D eigenvalue weighted by Gasteiger charge is -2.20. The molecule has 0 spiro atoms. The number of allylic oxidation sites excluding steroid dienone is 1. The number of fused-ring (bicyclic) bond motifs is 1. The van der Waals surface area contributed by atoms with Crippen molar-refractivity contribution in [2.24, 2.45) is 0 Å². The average Bonchev–Trinajstić information content (AvgIpc) is 2.55. The molecule has 0 amide bonds. The fourth-order valence-corrected chi connectivity index (χ4v) is 3.01. The first-order valence-electron chi connectivity index (χ1n) is 7.03. The molecule has 0 bridgehead atoms. The van der Waals surface area contributed by atoms with Crippen molar-refractivity contribution in [3.8, 4) is 12.1 Å². The molecule has 0 aliphatic heterocycles. The van der Waals surface area contributed by atoms with Gasteiger partial charge in [-0.3, -0.25) is 0 Å². The van der Waals surface area contributed by atoms with E-state index in [1.807, 2.05) is 36.4 Å². The van der Waals surface area contributed by atoms with Crippen molar-refractivity contribution in [1.29, 1.82) is 10.5 Å². The molecule has 1 aromatic heterocycles. The molecule has 1 aromatic carbocycles. The average molecular weight is 306 g/mol. The number of nitrogens with zero attached hydrogens (tertiary/aromatic N) is 3. The number of hydrogen-bond acceptors (Lipinski definition) is 3. The molecule has 0 saturated heterocycles. The lowest BCUT2D eigenvalue weighted by Crippen LogP contribution is -2.09. The van der Waals surface area contributed by atoms with Crippen molar-refractivity contribution < 1.29 is 0 Å². The first-order valence-corrected chi connectivity index (χ1v) is 7.41. The number of pyridine rings is 1. The Hall–Kier alpha value is -2.62. The Kier molecular flexibility index (Phi) is 3.92. The second-order valence-corrected chi connectivity index (χ2v) is 5.50. The molecule has 2 aromatic rings. The van der Waals surface area contributed by atoms with E-state index in [0.29, 0.717) is 5.56 Å². The van der Waals surface area contributed by atoms with E-state index >= 15 is 0 Å². The normalized spacial score (nSPS) is 15.0. The fraction of sp³-hybridized carbons (Fsp3) is 0.167. The maximum Gasteiger partial charge on any atom is 0.148 e. The molecule has 22 heavy (non-hydrogen) atoms. The second kappa shape index (κ2) is 6.02. The van der Waals surface area contributed by atoms with Crippen LogP contribution in [0.4, 0.5) is 0 Å². The zero-order chi connectivity index (χ0) is 15.5. The lowest BCUT2D eigenvalue weighted by atomic mass is 9.86. The minimum absolute atomic E-state index is 0.110. The molecule has 1 aliphatic rings. The van der Waals surface area contributed by atoms with Crippen molar-refractivity contribution in [2.45, 2.75) is 19.3 Å². The van der Waals surface area contributed by atoms with Crippen LogP contribution in [0.3, 0.4) is 0 Å². The molecular formula is C18H12ClN3. The largest absolute Gasteiger partial charge is 0.235 e. The maximum absolute atomic E-state index is 9.40. The molecule has 0 fully saturated rings. The summed E-state index contributed by atoms with van der Waals surface area (Å²) in [5, 5.41) is 18.7. The molecule has 0 saturated carbocycles. The van der Waals surface area contributed by atoms with Crippen LogP contribution in [0, 0.1) is 22.7 Å². The highest BCUT2D eigenvalue weighted by atomic mass is 35.5. The standard InChI is InChI=1S/C18H12ClN3/c19-18-16(11-21)15(10-20)14-8-4-7-13(17(14)22-18)9-12-5-2-1-3-6-12/h1-3,5-6,9H,4,7-8H2/b13-9-. The van der Waals surface area contributed by atoms with Gasteiger partial charge in [0.25, 0.3) is 0 Å². The van der Waals surface area contributed by atoms with Gasteiger partial charge in [0, 0.05) is 0 Å². The zero-order valence-corrected chi connectivity index (χ0v) is 12.6. The van der Waals surface area contributed by atoms with Crippen molar-refractivity contribution in [3.63, 3.8) is 0 Å². The Morgan fingerprint density at radius 3 is 2.45 bits per heavy atom. The first-order chi connectivity index (χ1) is 10.7. The summed E-state index contributed by atoms with van der Waals surface area (Å²) in [5.74, 6) is 0. The van der Waals surface area contributed by atoms with Gasteiger partial charge in [0.15, 0.2) is 0 Å². The Morgan fingerprint density at radius 2 is 1.77 bits per heavy atom. The quantitative estimate of drug-likeness (QED) is 0.736. The number of hydrogen-bond donors (Lipinski definition) is 0. The van der Waals surface area contributed by atoms with Gasteiger partial charge in [-0.2, -0.15) is 10.5 Å². The van der Waals surface area contributed by atoms with Gasteiger partial charge in [0.2, 0.25) is 0 Å². The van der Waals surface area contributed by atoms with Gasteiger partial charge < -0.3 is 0 Å². The zero-order valence-electron chi connectivity index (χ0n) is 11.8. The number of rotatable bonds is 1. The SMILES string of the molecule is N#Cc1c(Cl)nc2c(c1C#N)CCC/C2=C/c1ccccc1. The van der Waals surface area contributed by atoms with E-state index < -0.39 is 0 Å². The highest BCUT2D eigenvalue weighted by molar-refractivity contribution is 6.30. The van der Waals surface area contributed by atoms with Crippen LogP contribution < -0.4 is 0 Å².